The van der Waals surface area contributed by atoms with E-state index in [2.05, 4.69) is 5.32 Å². The molecule has 0 aliphatic carbocycles. The summed E-state index contributed by atoms with van der Waals surface area (Å²) in [4.78, 5) is 12.7. The van der Waals surface area contributed by atoms with E-state index >= 15 is 0 Å². The molecule has 0 saturated carbocycles. The number of amides is 1. The highest BCUT2D eigenvalue weighted by molar-refractivity contribution is 7.92. The molecule has 33 heavy (non-hydrogen) atoms. The molecule has 0 radical (unpaired) electrons. The fraction of sp³-hybridized carbons (Fsp3) is 0.208. The van der Waals surface area contributed by atoms with Gasteiger partial charge in [-0.3, -0.25) is 9.10 Å². The number of rotatable bonds is 10. The van der Waals surface area contributed by atoms with Gasteiger partial charge in [-0.25, -0.2) is 8.42 Å². The van der Waals surface area contributed by atoms with Crippen molar-refractivity contribution < 1.29 is 22.7 Å². The second-order valence-electron chi connectivity index (χ2n) is 7.24. The average Bonchev–Trinajstić information content (AvgIpc) is 2.79. The van der Waals surface area contributed by atoms with Crippen molar-refractivity contribution in [3.05, 3.63) is 83.9 Å². The summed E-state index contributed by atoms with van der Waals surface area (Å²) in [5.41, 5.74) is 0.359. The highest BCUT2D eigenvalue weighted by Crippen LogP contribution is 2.27. The number of carbonyl (C=O) groups excluding carboxylic acids is 1. The normalized spacial score (nSPS) is 12.0. The highest BCUT2D eigenvalue weighted by atomic mass is 35.5. The molecular weight excluding hydrogens is 464 g/mol. The van der Waals surface area contributed by atoms with Gasteiger partial charge in [0.15, 0.2) is 0 Å². The predicted octanol–water partition coefficient (Wildman–Crippen LogP) is 4.48. The van der Waals surface area contributed by atoms with Crippen LogP contribution in [0.3, 0.4) is 0 Å². The van der Waals surface area contributed by atoms with E-state index in [-0.39, 0.29) is 13.2 Å². The maximum absolute atomic E-state index is 12.7. The second-order valence-corrected chi connectivity index (χ2v) is 9.53. The zero-order valence-corrected chi connectivity index (χ0v) is 19.8. The van der Waals surface area contributed by atoms with Crippen LogP contribution in [0, 0.1) is 0 Å². The molecule has 0 aliphatic rings. The van der Waals surface area contributed by atoms with Crippen molar-refractivity contribution in [1.29, 1.82) is 0 Å². The minimum Gasteiger partial charge on any atom is -0.492 e. The Hall–Kier alpha value is -3.23. The van der Waals surface area contributed by atoms with E-state index in [9.17, 15) is 13.2 Å². The molecule has 0 saturated heterocycles. The maximum atomic E-state index is 12.7. The van der Waals surface area contributed by atoms with Crippen LogP contribution < -0.4 is 19.1 Å². The summed E-state index contributed by atoms with van der Waals surface area (Å²) < 4.78 is 37.3. The van der Waals surface area contributed by atoms with Crippen molar-refractivity contribution in [1.82, 2.24) is 5.32 Å². The molecule has 174 valence electrons. The van der Waals surface area contributed by atoms with Gasteiger partial charge in [-0.05, 0) is 67.6 Å². The van der Waals surface area contributed by atoms with Crippen LogP contribution in [0.25, 0.3) is 0 Å². The Morgan fingerprint density at radius 1 is 0.939 bits per heavy atom. The van der Waals surface area contributed by atoms with Crippen LogP contribution in [0.2, 0.25) is 5.02 Å². The average molecular weight is 489 g/mol. The lowest BCUT2D eigenvalue weighted by Gasteiger charge is -2.28. The van der Waals surface area contributed by atoms with Crippen LogP contribution in [0.15, 0.2) is 78.9 Å². The molecular formula is C24H25ClN2O5S. The van der Waals surface area contributed by atoms with Gasteiger partial charge in [0, 0.05) is 5.02 Å². The Labute approximate surface area is 198 Å². The van der Waals surface area contributed by atoms with Gasteiger partial charge >= 0.3 is 0 Å². The van der Waals surface area contributed by atoms with Crippen LogP contribution >= 0.6 is 11.6 Å². The lowest BCUT2D eigenvalue weighted by atomic mass is 10.2. The number of halogens is 1. The molecule has 9 heteroatoms. The Kier molecular flexibility index (Phi) is 8.19. The number of ether oxygens (including phenoxy) is 2. The Morgan fingerprint density at radius 2 is 1.52 bits per heavy atom. The molecule has 0 aromatic heterocycles. The summed E-state index contributed by atoms with van der Waals surface area (Å²) in [5, 5.41) is 3.31. The third-order valence-corrected chi connectivity index (χ3v) is 6.14. The van der Waals surface area contributed by atoms with Gasteiger partial charge in [-0.1, -0.05) is 29.8 Å². The van der Waals surface area contributed by atoms with E-state index in [4.69, 9.17) is 21.1 Å². The largest absolute Gasteiger partial charge is 0.492 e. The summed E-state index contributed by atoms with van der Waals surface area (Å²) in [5.74, 6) is 1.40. The lowest BCUT2D eigenvalue weighted by molar-refractivity contribution is -0.121. The molecule has 0 bridgehead atoms. The topological polar surface area (TPSA) is 84.9 Å². The molecule has 7 nitrogen and oxygen atoms in total. The van der Waals surface area contributed by atoms with Gasteiger partial charge in [0.05, 0.1) is 18.5 Å². The van der Waals surface area contributed by atoms with Crippen LogP contribution in [0.1, 0.15) is 6.92 Å². The van der Waals surface area contributed by atoms with Crippen LogP contribution in [0.4, 0.5) is 5.69 Å². The minimum absolute atomic E-state index is 0.216. The number of nitrogens with one attached hydrogen (secondary N) is 1. The Bertz CT molecular complexity index is 1150. The van der Waals surface area contributed by atoms with Crippen molar-refractivity contribution in [3.8, 4) is 17.2 Å². The first kappa shape index (κ1) is 24.4. The molecule has 0 unspecified atom stereocenters. The maximum Gasteiger partial charge on any atom is 0.243 e. The number of sulfonamides is 1. The molecule has 1 amide bonds. The standard InChI is InChI=1S/C24H25ClN2O5S/c1-18(24(28)26-16-17-31-21-12-8-19(25)9-13-21)27(33(2,29)30)20-10-14-23(15-11-20)32-22-6-4-3-5-7-22/h3-15,18H,16-17H2,1-2H3,(H,26,28)/t18-/m0/s1. The number of anilines is 1. The third-order valence-electron chi connectivity index (χ3n) is 4.64. The van der Waals surface area contributed by atoms with E-state index in [1.165, 1.54) is 6.92 Å². The zero-order valence-electron chi connectivity index (χ0n) is 18.3. The SMILES string of the molecule is C[C@@H](C(=O)NCCOc1ccc(Cl)cc1)N(c1ccc(Oc2ccccc2)cc1)S(C)(=O)=O. The molecule has 0 fully saturated rings. The smallest absolute Gasteiger partial charge is 0.243 e. The number of carbonyl (C=O) groups is 1. The van der Waals surface area contributed by atoms with Crippen LogP contribution in [-0.2, 0) is 14.8 Å². The summed E-state index contributed by atoms with van der Waals surface area (Å²) in [7, 11) is -3.72. The fourth-order valence-corrected chi connectivity index (χ4v) is 4.42. The van der Waals surface area contributed by atoms with E-state index in [0.717, 1.165) is 10.6 Å². The number of nitrogens with zero attached hydrogens (tertiary/aromatic N) is 1. The molecule has 1 N–H and O–H groups in total. The summed E-state index contributed by atoms with van der Waals surface area (Å²) in [6.07, 6.45) is 1.06. The van der Waals surface area contributed by atoms with Crippen molar-refractivity contribution in [2.45, 2.75) is 13.0 Å². The molecule has 0 heterocycles. The van der Waals surface area contributed by atoms with Crippen molar-refractivity contribution in [2.75, 3.05) is 23.7 Å². The second kappa shape index (κ2) is 11.1. The predicted molar refractivity (Wildman–Crippen MR) is 130 cm³/mol. The summed E-state index contributed by atoms with van der Waals surface area (Å²) in [6, 6.07) is 21.7. The van der Waals surface area contributed by atoms with E-state index in [1.54, 1.807) is 48.5 Å². The van der Waals surface area contributed by atoms with Gasteiger partial charge in [0.1, 0.15) is 29.9 Å². The Morgan fingerprint density at radius 3 is 2.12 bits per heavy atom. The zero-order chi connectivity index (χ0) is 23.8. The summed E-state index contributed by atoms with van der Waals surface area (Å²) >= 11 is 5.84. The highest BCUT2D eigenvalue weighted by Gasteiger charge is 2.29. The van der Waals surface area contributed by atoms with Crippen molar-refractivity contribution >= 4 is 33.2 Å². The summed E-state index contributed by atoms with van der Waals surface area (Å²) in [6.45, 7) is 1.97. The van der Waals surface area contributed by atoms with Crippen molar-refractivity contribution in [3.63, 3.8) is 0 Å². The Balaban J connectivity index is 1.61. The van der Waals surface area contributed by atoms with E-state index in [0.29, 0.717) is 28.0 Å². The van der Waals surface area contributed by atoms with Gasteiger partial charge in [0.25, 0.3) is 0 Å². The van der Waals surface area contributed by atoms with Crippen molar-refractivity contribution in [2.24, 2.45) is 0 Å². The van der Waals surface area contributed by atoms with Gasteiger partial charge in [-0.15, -0.1) is 0 Å². The number of hydrogen-bond donors (Lipinski definition) is 1. The number of para-hydroxylation sites is 1. The first-order chi connectivity index (χ1) is 15.7. The molecule has 0 aliphatic heterocycles. The van der Waals surface area contributed by atoms with Gasteiger partial charge in [-0.2, -0.15) is 0 Å². The molecule has 3 aromatic rings. The fourth-order valence-electron chi connectivity index (χ4n) is 3.12. The van der Waals surface area contributed by atoms with Gasteiger partial charge in [0.2, 0.25) is 15.9 Å². The van der Waals surface area contributed by atoms with E-state index in [1.807, 2.05) is 30.3 Å². The van der Waals surface area contributed by atoms with Crippen LogP contribution in [-0.4, -0.2) is 39.8 Å². The van der Waals surface area contributed by atoms with Gasteiger partial charge < -0.3 is 14.8 Å². The first-order valence-electron chi connectivity index (χ1n) is 10.2. The minimum atomic E-state index is -3.72. The third kappa shape index (κ3) is 7.13. The number of benzene rings is 3. The monoisotopic (exact) mass is 488 g/mol. The van der Waals surface area contributed by atoms with E-state index < -0.39 is 22.0 Å². The molecule has 1 atom stereocenters. The first-order valence-corrected chi connectivity index (χ1v) is 12.4. The molecule has 0 spiro atoms. The molecule has 3 aromatic carbocycles. The lowest BCUT2D eigenvalue weighted by Crippen LogP contribution is -2.48. The molecule has 3 rings (SSSR count). The quantitative estimate of drug-likeness (QED) is 0.425. The van der Waals surface area contributed by atoms with Crippen LogP contribution in [0.5, 0.6) is 17.2 Å². The number of hydrogen-bond acceptors (Lipinski definition) is 5.